The van der Waals surface area contributed by atoms with Crippen LogP contribution < -0.4 is 5.56 Å². The van der Waals surface area contributed by atoms with Gasteiger partial charge >= 0.3 is 0 Å². The highest BCUT2D eigenvalue weighted by molar-refractivity contribution is 7.99. The Labute approximate surface area is 210 Å². The first-order valence-corrected chi connectivity index (χ1v) is 13.9. The average Bonchev–Trinajstić information content (AvgIpc) is 3.29. The van der Waals surface area contributed by atoms with Gasteiger partial charge in [0.1, 0.15) is 0 Å². The maximum atomic E-state index is 14.6. The predicted molar refractivity (Wildman–Crippen MR) is 143 cm³/mol. The highest BCUT2D eigenvalue weighted by Gasteiger charge is 2.44. The number of thioether (sulfide) groups is 1. The van der Waals surface area contributed by atoms with Gasteiger partial charge in [0.15, 0.2) is 5.16 Å². The van der Waals surface area contributed by atoms with Gasteiger partial charge in [0.25, 0.3) is 5.56 Å². The summed E-state index contributed by atoms with van der Waals surface area (Å²) in [5, 5.41) is 10.2. The SMILES string of the molecule is CCCCSc1nnc2n(-c3ccccc3C)c(=O)c3c(n12)-c1ccccc1CC31CCCCC1. The summed E-state index contributed by atoms with van der Waals surface area (Å²) in [5.74, 6) is 1.60. The van der Waals surface area contributed by atoms with Crippen LogP contribution in [-0.2, 0) is 11.8 Å². The number of hydrogen-bond acceptors (Lipinski definition) is 4. The van der Waals surface area contributed by atoms with E-state index in [0.717, 1.165) is 71.1 Å². The molecular formula is C29H32N4OS. The smallest absolute Gasteiger partial charge is 0.263 e. The third-order valence-electron chi connectivity index (χ3n) is 7.92. The Bertz CT molecular complexity index is 1460. The van der Waals surface area contributed by atoms with E-state index in [9.17, 15) is 4.79 Å². The van der Waals surface area contributed by atoms with Gasteiger partial charge in [-0.1, -0.05) is 86.8 Å². The van der Waals surface area contributed by atoms with Crippen molar-refractivity contribution in [2.24, 2.45) is 0 Å². The van der Waals surface area contributed by atoms with E-state index in [0.29, 0.717) is 5.78 Å². The molecule has 0 saturated heterocycles. The molecule has 0 atom stereocenters. The predicted octanol–water partition coefficient (Wildman–Crippen LogP) is 6.51. The van der Waals surface area contributed by atoms with Gasteiger partial charge in [-0.15, -0.1) is 10.2 Å². The summed E-state index contributed by atoms with van der Waals surface area (Å²) in [5.41, 5.74) is 6.42. The maximum absolute atomic E-state index is 14.6. The van der Waals surface area contributed by atoms with Crippen molar-refractivity contribution in [3.63, 3.8) is 0 Å². The van der Waals surface area contributed by atoms with Crippen molar-refractivity contribution in [3.8, 4) is 16.9 Å². The van der Waals surface area contributed by atoms with Crippen LogP contribution in [0.15, 0.2) is 58.5 Å². The summed E-state index contributed by atoms with van der Waals surface area (Å²) in [6.07, 6.45) is 8.91. The van der Waals surface area contributed by atoms with Crippen molar-refractivity contribution in [2.45, 2.75) is 75.8 Å². The molecular weight excluding hydrogens is 452 g/mol. The molecule has 2 aromatic heterocycles. The van der Waals surface area contributed by atoms with Crippen molar-refractivity contribution in [1.82, 2.24) is 19.2 Å². The van der Waals surface area contributed by atoms with E-state index in [1.807, 2.05) is 22.8 Å². The maximum Gasteiger partial charge on any atom is 0.263 e. The lowest BCUT2D eigenvalue weighted by Gasteiger charge is -2.42. The number of benzene rings is 2. The molecule has 1 saturated carbocycles. The molecule has 35 heavy (non-hydrogen) atoms. The Hall–Kier alpha value is -2.86. The molecule has 0 aliphatic heterocycles. The van der Waals surface area contributed by atoms with Crippen LogP contribution >= 0.6 is 11.8 Å². The minimum Gasteiger partial charge on any atom is -0.268 e. The van der Waals surface area contributed by atoms with E-state index in [1.165, 1.54) is 24.8 Å². The van der Waals surface area contributed by atoms with E-state index in [4.69, 9.17) is 0 Å². The van der Waals surface area contributed by atoms with Gasteiger partial charge in [-0.25, -0.2) is 4.57 Å². The fourth-order valence-corrected chi connectivity index (χ4v) is 7.21. The molecule has 2 aliphatic rings. The summed E-state index contributed by atoms with van der Waals surface area (Å²) in [6.45, 7) is 4.28. The van der Waals surface area contributed by atoms with Crippen LogP contribution in [0.4, 0.5) is 0 Å². The molecule has 4 aromatic rings. The first-order valence-electron chi connectivity index (χ1n) is 13.0. The Kier molecular flexibility index (Phi) is 5.79. The highest BCUT2D eigenvalue weighted by Crippen LogP contribution is 2.49. The largest absolute Gasteiger partial charge is 0.268 e. The standard InChI is InChI=1S/C29H32N4OS/c1-3-4-18-35-28-31-30-27-32(23-15-9-6-12-20(23)2)26(34)24-25(33(27)28)22-14-8-7-13-21(22)19-29(24)16-10-5-11-17-29/h6-9,12-15H,3-5,10-11,16-19H2,1-2H3. The Morgan fingerprint density at radius 3 is 2.57 bits per heavy atom. The van der Waals surface area contributed by atoms with E-state index in [2.05, 4.69) is 58.8 Å². The highest BCUT2D eigenvalue weighted by atomic mass is 32.2. The van der Waals surface area contributed by atoms with Crippen molar-refractivity contribution in [1.29, 1.82) is 0 Å². The second-order valence-electron chi connectivity index (χ2n) is 10.1. The number of rotatable bonds is 5. The zero-order valence-corrected chi connectivity index (χ0v) is 21.4. The fourth-order valence-electron chi connectivity index (χ4n) is 6.20. The Morgan fingerprint density at radius 2 is 1.77 bits per heavy atom. The molecule has 0 N–H and O–H groups in total. The lowest BCUT2D eigenvalue weighted by Crippen LogP contribution is -2.43. The van der Waals surface area contributed by atoms with E-state index in [1.54, 1.807) is 11.8 Å². The molecule has 1 fully saturated rings. The zero-order valence-electron chi connectivity index (χ0n) is 20.6. The van der Waals surface area contributed by atoms with Crippen LogP contribution in [-0.4, -0.2) is 24.9 Å². The van der Waals surface area contributed by atoms with E-state index >= 15 is 0 Å². The summed E-state index contributed by atoms with van der Waals surface area (Å²) >= 11 is 1.75. The molecule has 6 rings (SSSR count). The molecule has 180 valence electrons. The summed E-state index contributed by atoms with van der Waals surface area (Å²) in [4.78, 5) is 14.6. The second kappa shape index (κ2) is 8.98. The molecule has 0 radical (unpaired) electrons. The molecule has 2 heterocycles. The minimum atomic E-state index is -0.132. The van der Waals surface area contributed by atoms with Crippen LogP contribution in [0.2, 0.25) is 0 Å². The third-order valence-corrected chi connectivity index (χ3v) is 8.94. The summed E-state index contributed by atoms with van der Waals surface area (Å²) in [7, 11) is 0. The third kappa shape index (κ3) is 3.56. The van der Waals surface area contributed by atoms with Crippen molar-refractivity contribution in [3.05, 3.63) is 75.6 Å². The molecule has 2 aromatic carbocycles. The summed E-state index contributed by atoms with van der Waals surface area (Å²) < 4.78 is 4.05. The van der Waals surface area contributed by atoms with Crippen molar-refractivity contribution < 1.29 is 0 Å². The van der Waals surface area contributed by atoms with Gasteiger partial charge in [0.2, 0.25) is 5.78 Å². The lowest BCUT2D eigenvalue weighted by atomic mass is 9.62. The van der Waals surface area contributed by atoms with Gasteiger partial charge < -0.3 is 0 Å². The van der Waals surface area contributed by atoms with Crippen LogP contribution in [0.5, 0.6) is 0 Å². The van der Waals surface area contributed by atoms with Gasteiger partial charge in [0.05, 0.1) is 11.4 Å². The van der Waals surface area contributed by atoms with Gasteiger partial charge in [0, 0.05) is 22.3 Å². The number of aromatic nitrogens is 4. The lowest BCUT2D eigenvalue weighted by molar-refractivity contribution is 0.284. The fraction of sp³-hybridized carbons (Fsp3) is 0.414. The van der Waals surface area contributed by atoms with Gasteiger partial charge in [-0.2, -0.15) is 0 Å². The second-order valence-corrected chi connectivity index (χ2v) is 11.2. The van der Waals surface area contributed by atoms with Crippen molar-refractivity contribution >= 4 is 17.5 Å². The molecule has 0 bridgehead atoms. The molecule has 1 spiro atoms. The number of nitrogens with zero attached hydrogens (tertiary/aromatic N) is 4. The summed E-state index contributed by atoms with van der Waals surface area (Å²) in [6, 6.07) is 16.8. The van der Waals surface area contributed by atoms with E-state index < -0.39 is 0 Å². The Morgan fingerprint density at radius 1 is 1.00 bits per heavy atom. The topological polar surface area (TPSA) is 52.2 Å². The first-order chi connectivity index (χ1) is 17.1. The molecule has 5 nitrogen and oxygen atoms in total. The normalized spacial score (nSPS) is 16.4. The average molecular weight is 485 g/mol. The van der Waals surface area contributed by atoms with Crippen LogP contribution in [0.25, 0.3) is 22.7 Å². The number of aryl methyl sites for hydroxylation is 1. The van der Waals surface area contributed by atoms with E-state index in [-0.39, 0.29) is 11.0 Å². The van der Waals surface area contributed by atoms with Crippen LogP contribution in [0, 0.1) is 6.92 Å². The Balaban J connectivity index is 1.75. The number of hydrogen-bond donors (Lipinski definition) is 0. The van der Waals surface area contributed by atoms with Crippen molar-refractivity contribution in [2.75, 3.05) is 5.75 Å². The number of unbranched alkanes of at least 4 members (excludes halogenated alkanes) is 1. The monoisotopic (exact) mass is 484 g/mol. The van der Waals surface area contributed by atoms with Crippen LogP contribution in [0.3, 0.4) is 0 Å². The molecule has 0 unspecified atom stereocenters. The minimum absolute atomic E-state index is 0.0794. The van der Waals surface area contributed by atoms with Gasteiger partial charge in [-0.3, -0.25) is 9.20 Å². The molecule has 2 aliphatic carbocycles. The quantitative estimate of drug-likeness (QED) is 0.239. The van der Waals surface area contributed by atoms with Gasteiger partial charge in [-0.05, 0) is 49.8 Å². The zero-order chi connectivity index (χ0) is 24.0. The number of fused-ring (bicyclic) bond motifs is 6. The first kappa shape index (κ1) is 22.6. The molecule has 0 amide bonds. The molecule has 6 heteroatoms. The van der Waals surface area contributed by atoms with Crippen LogP contribution in [0.1, 0.15) is 68.6 Å². The number of para-hydroxylation sites is 1.